The lowest BCUT2D eigenvalue weighted by molar-refractivity contribution is 0.129. The summed E-state index contributed by atoms with van der Waals surface area (Å²) in [5.41, 5.74) is 0. The summed E-state index contributed by atoms with van der Waals surface area (Å²) in [6.45, 7) is 1.81. The Morgan fingerprint density at radius 2 is 1.42 bits per heavy atom. The Bertz CT molecular complexity index is 508. The van der Waals surface area contributed by atoms with Gasteiger partial charge in [-0.3, -0.25) is 0 Å². The van der Waals surface area contributed by atoms with Gasteiger partial charge in [-0.25, -0.2) is 0 Å². The van der Waals surface area contributed by atoms with Crippen LogP contribution in [0.15, 0.2) is 53.0 Å². The van der Waals surface area contributed by atoms with E-state index >= 15 is 0 Å². The number of aliphatic hydroxyl groups excluding tert-OH is 1. The maximum Gasteiger partial charge on any atom is 0.127 e. The van der Waals surface area contributed by atoms with Crippen LogP contribution in [0.1, 0.15) is 6.92 Å². The molecule has 0 fully saturated rings. The van der Waals surface area contributed by atoms with Crippen LogP contribution in [-0.2, 0) is 0 Å². The van der Waals surface area contributed by atoms with E-state index in [0.29, 0.717) is 5.75 Å². The van der Waals surface area contributed by atoms with Crippen LogP contribution in [0.3, 0.4) is 0 Å². The molecule has 4 heteroatoms. The standard InChI is InChI=1S/C15H15BrO3/c1-11(10-17)18-13-6-8-15(9-7-13)19-14-4-2-12(16)3-5-14/h2-9,11,17H,10H2,1H3. The highest BCUT2D eigenvalue weighted by Crippen LogP contribution is 2.25. The Morgan fingerprint density at radius 1 is 0.947 bits per heavy atom. The van der Waals surface area contributed by atoms with Crippen molar-refractivity contribution in [2.24, 2.45) is 0 Å². The summed E-state index contributed by atoms with van der Waals surface area (Å²) < 4.78 is 12.2. The van der Waals surface area contributed by atoms with Crippen molar-refractivity contribution in [2.45, 2.75) is 13.0 Å². The van der Waals surface area contributed by atoms with Crippen LogP contribution in [0.25, 0.3) is 0 Å². The Labute approximate surface area is 120 Å². The molecule has 0 amide bonds. The van der Waals surface area contributed by atoms with Gasteiger partial charge in [-0.2, -0.15) is 0 Å². The van der Waals surface area contributed by atoms with Gasteiger partial charge >= 0.3 is 0 Å². The lowest BCUT2D eigenvalue weighted by atomic mass is 10.3. The largest absolute Gasteiger partial charge is 0.488 e. The molecular weight excluding hydrogens is 308 g/mol. The van der Waals surface area contributed by atoms with Crippen molar-refractivity contribution in [1.29, 1.82) is 0 Å². The molecule has 0 heterocycles. The van der Waals surface area contributed by atoms with E-state index in [0.717, 1.165) is 16.0 Å². The molecule has 0 aliphatic rings. The van der Waals surface area contributed by atoms with Crippen molar-refractivity contribution in [3.63, 3.8) is 0 Å². The van der Waals surface area contributed by atoms with Crippen LogP contribution in [0.4, 0.5) is 0 Å². The van der Waals surface area contributed by atoms with E-state index in [1.165, 1.54) is 0 Å². The second-order valence-corrected chi connectivity index (χ2v) is 5.05. The fourth-order valence-corrected chi connectivity index (χ4v) is 1.76. The molecular formula is C15H15BrO3. The summed E-state index contributed by atoms with van der Waals surface area (Å²) in [5, 5.41) is 8.91. The first-order chi connectivity index (χ1) is 9.17. The van der Waals surface area contributed by atoms with E-state index in [1.54, 1.807) is 0 Å². The van der Waals surface area contributed by atoms with Crippen LogP contribution in [0.2, 0.25) is 0 Å². The first-order valence-electron chi connectivity index (χ1n) is 5.98. The van der Waals surface area contributed by atoms with Crippen molar-refractivity contribution in [1.82, 2.24) is 0 Å². The van der Waals surface area contributed by atoms with E-state index < -0.39 is 0 Å². The predicted molar refractivity (Wildman–Crippen MR) is 77.8 cm³/mol. The number of hydrogen-bond acceptors (Lipinski definition) is 3. The number of benzene rings is 2. The quantitative estimate of drug-likeness (QED) is 0.904. The third kappa shape index (κ3) is 4.26. The Balaban J connectivity index is 2.00. The summed E-state index contributed by atoms with van der Waals surface area (Å²) in [7, 11) is 0. The normalized spacial score (nSPS) is 11.9. The molecule has 3 nitrogen and oxygen atoms in total. The third-order valence-corrected chi connectivity index (χ3v) is 3.00. The average Bonchev–Trinajstić information content (AvgIpc) is 2.43. The number of aliphatic hydroxyl groups is 1. The first-order valence-corrected chi connectivity index (χ1v) is 6.77. The molecule has 0 bridgehead atoms. The zero-order valence-corrected chi connectivity index (χ0v) is 12.1. The lowest BCUT2D eigenvalue weighted by Crippen LogP contribution is -2.15. The fraction of sp³-hybridized carbons (Fsp3) is 0.200. The molecule has 0 radical (unpaired) electrons. The molecule has 2 rings (SSSR count). The molecule has 0 spiro atoms. The van der Waals surface area contributed by atoms with Gasteiger partial charge in [-0.1, -0.05) is 15.9 Å². The molecule has 1 unspecified atom stereocenters. The second kappa shape index (κ2) is 6.59. The number of hydrogen-bond donors (Lipinski definition) is 1. The van der Waals surface area contributed by atoms with Gasteiger partial charge in [0.05, 0.1) is 6.61 Å². The highest BCUT2D eigenvalue weighted by molar-refractivity contribution is 9.10. The van der Waals surface area contributed by atoms with Crippen LogP contribution in [-0.4, -0.2) is 17.8 Å². The Kier molecular flexibility index (Phi) is 4.82. The van der Waals surface area contributed by atoms with Gasteiger partial charge in [0, 0.05) is 4.47 Å². The van der Waals surface area contributed by atoms with Crippen molar-refractivity contribution in [3.8, 4) is 17.2 Å². The van der Waals surface area contributed by atoms with Crippen LogP contribution in [0.5, 0.6) is 17.2 Å². The zero-order chi connectivity index (χ0) is 13.7. The molecule has 2 aromatic carbocycles. The molecule has 0 saturated carbocycles. The summed E-state index contributed by atoms with van der Waals surface area (Å²) in [4.78, 5) is 0. The fourth-order valence-electron chi connectivity index (χ4n) is 1.49. The second-order valence-electron chi connectivity index (χ2n) is 4.14. The van der Waals surface area contributed by atoms with E-state index in [-0.39, 0.29) is 12.7 Å². The molecule has 19 heavy (non-hydrogen) atoms. The zero-order valence-electron chi connectivity index (χ0n) is 10.5. The molecule has 2 aromatic rings. The van der Waals surface area contributed by atoms with Gasteiger partial charge in [0.25, 0.3) is 0 Å². The highest BCUT2D eigenvalue weighted by Gasteiger charge is 2.02. The average molecular weight is 323 g/mol. The molecule has 100 valence electrons. The van der Waals surface area contributed by atoms with Gasteiger partial charge in [-0.05, 0) is 55.5 Å². The topological polar surface area (TPSA) is 38.7 Å². The van der Waals surface area contributed by atoms with Crippen molar-refractivity contribution in [2.75, 3.05) is 6.61 Å². The van der Waals surface area contributed by atoms with E-state index in [9.17, 15) is 0 Å². The minimum absolute atomic E-state index is 0.00283. The van der Waals surface area contributed by atoms with Gasteiger partial charge in [0.1, 0.15) is 23.4 Å². The molecule has 0 aliphatic heterocycles. The number of halogens is 1. The Morgan fingerprint density at radius 3 is 1.95 bits per heavy atom. The predicted octanol–water partition coefficient (Wildman–Crippen LogP) is 4.00. The van der Waals surface area contributed by atoms with Gasteiger partial charge in [0.15, 0.2) is 0 Å². The van der Waals surface area contributed by atoms with E-state index in [4.69, 9.17) is 14.6 Å². The number of ether oxygens (including phenoxy) is 2. The Hall–Kier alpha value is -1.52. The lowest BCUT2D eigenvalue weighted by Gasteiger charge is -2.12. The SMILES string of the molecule is CC(CO)Oc1ccc(Oc2ccc(Br)cc2)cc1. The maximum absolute atomic E-state index is 8.91. The summed E-state index contributed by atoms with van der Waals surface area (Å²) >= 11 is 3.38. The summed E-state index contributed by atoms with van der Waals surface area (Å²) in [6.07, 6.45) is -0.210. The smallest absolute Gasteiger partial charge is 0.127 e. The molecule has 1 atom stereocenters. The van der Waals surface area contributed by atoms with Crippen molar-refractivity contribution in [3.05, 3.63) is 53.0 Å². The third-order valence-electron chi connectivity index (χ3n) is 2.47. The van der Waals surface area contributed by atoms with Gasteiger partial charge in [-0.15, -0.1) is 0 Å². The van der Waals surface area contributed by atoms with Crippen molar-refractivity contribution >= 4 is 15.9 Å². The minimum atomic E-state index is -0.210. The van der Waals surface area contributed by atoms with Crippen molar-refractivity contribution < 1.29 is 14.6 Å². The maximum atomic E-state index is 8.91. The van der Waals surface area contributed by atoms with Gasteiger partial charge < -0.3 is 14.6 Å². The first kappa shape index (κ1) is 13.9. The van der Waals surface area contributed by atoms with E-state index in [2.05, 4.69) is 15.9 Å². The van der Waals surface area contributed by atoms with Crippen LogP contribution < -0.4 is 9.47 Å². The van der Waals surface area contributed by atoms with Crippen LogP contribution >= 0.6 is 15.9 Å². The highest BCUT2D eigenvalue weighted by atomic mass is 79.9. The molecule has 0 aromatic heterocycles. The van der Waals surface area contributed by atoms with E-state index in [1.807, 2.05) is 55.5 Å². The van der Waals surface area contributed by atoms with Crippen LogP contribution in [0, 0.1) is 0 Å². The summed E-state index contributed by atoms with van der Waals surface area (Å²) in [5.74, 6) is 2.23. The van der Waals surface area contributed by atoms with Gasteiger partial charge in [0.2, 0.25) is 0 Å². The molecule has 1 N–H and O–H groups in total. The minimum Gasteiger partial charge on any atom is -0.488 e. The number of rotatable bonds is 5. The molecule has 0 aliphatic carbocycles. The monoisotopic (exact) mass is 322 g/mol. The summed E-state index contributed by atoms with van der Waals surface area (Å²) in [6, 6.07) is 14.9. The molecule has 0 saturated heterocycles.